The molecule has 0 bridgehead atoms. The topological polar surface area (TPSA) is 37.8 Å². The third-order valence-corrected chi connectivity index (χ3v) is 3.42. The van der Waals surface area contributed by atoms with E-state index in [1.165, 1.54) is 18.4 Å². The highest BCUT2D eigenvalue weighted by Crippen LogP contribution is 2.28. The number of hydrogen-bond acceptors (Lipinski definition) is 3. The second kappa shape index (κ2) is 6.70. The smallest absolute Gasteiger partial charge is 0.0648 e. The van der Waals surface area contributed by atoms with Gasteiger partial charge >= 0.3 is 0 Å². The van der Waals surface area contributed by atoms with Gasteiger partial charge in [-0.05, 0) is 37.9 Å². The molecule has 1 atom stereocenters. The van der Waals surface area contributed by atoms with Gasteiger partial charge in [-0.15, -0.1) is 0 Å². The van der Waals surface area contributed by atoms with Crippen LogP contribution in [0.5, 0.6) is 0 Å². The molecule has 3 nitrogen and oxygen atoms in total. The molecular weight excluding hydrogens is 210 g/mol. The minimum Gasteiger partial charge on any atom is -0.310 e. The molecule has 0 fully saturated rings. The molecule has 0 spiro atoms. The fourth-order valence-corrected chi connectivity index (χ4v) is 2.40. The maximum Gasteiger partial charge on any atom is 0.0648 e. The van der Waals surface area contributed by atoms with Crippen molar-refractivity contribution in [3.63, 3.8) is 0 Å². The summed E-state index contributed by atoms with van der Waals surface area (Å²) in [6, 6.07) is 2.58. The minimum absolute atomic E-state index is 0.407. The monoisotopic (exact) mass is 235 g/mol. The summed E-state index contributed by atoms with van der Waals surface area (Å²) in [7, 11) is 0. The summed E-state index contributed by atoms with van der Waals surface area (Å²) in [6.07, 6.45) is 2.38. The van der Waals surface area contributed by atoms with Crippen LogP contribution in [-0.4, -0.2) is 16.7 Å². The molecule has 0 amide bonds. The summed E-state index contributed by atoms with van der Waals surface area (Å²) in [5.41, 5.74) is 3.36. The van der Waals surface area contributed by atoms with Crippen LogP contribution in [0.3, 0.4) is 0 Å². The van der Waals surface area contributed by atoms with Gasteiger partial charge in [0.1, 0.15) is 0 Å². The lowest BCUT2D eigenvalue weighted by Gasteiger charge is -2.27. The van der Waals surface area contributed by atoms with E-state index in [2.05, 4.69) is 49.3 Å². The zero-order valence-corrected chi connectivity index (χ0v) is 11.7. The molecule has 0 saturated carbocycles. The lowest BCUT2D eigenvalue weighted by atomic mass is 9.88. The maximum atomic E-state index is 4.24. The molecule has 1 aromatic heterocycles. The van der Waals surface area contributed by atoms with Gasteiger partial charge in [0.15, 0.2) is 0 Å². The SMILES string of the molecule is CCNC(c1cc(C)nnc1C)C(CC)CC. The van der Waals surface area contributed by atoms with Gasteiger partial charge in [-0.25, -0.2) is 0 Å². The molecule has 3 heteroatoms. The normalized spacial score (nSPS) is 13.1. The van der Waals surface area contributed by atoms with Gasteiger partial charge in [-0.3, -0.25) is 0 Å². The first-order valence-corrected chi connectivity index (χ1v) is 6.68. The summed E-state index contributed by atoms with van der Waals surface area (Å²) >= 11 is 0. The number of rotatable bonds is 6. The Morgan fingerprint density at radius 1 is 1.12 bits per heavy atom. The molecule has 17 heavy (non-hydrogen) atoms. The Morgan fingerprint density at radius 3 is 2.29 bits per heavy atom. The van der Waals surface area contributed by atoms with Crippen molar-refractivity contribution in [1.82, 2.24) is 15.5 Å². The number of nitrogens with one attached hydrogen (secondary N) is 1. The van der Waals surface area contributed by atoms with Gasteiger partial charge < -0.3 is 5.32 Å². The molecule has 1 heterocycles. The Morgan fingerprint density at radius 2 is 1.76 bits per heavy atom. The van der Waals surface area contributed by atoms with Crippen LogP contribution < -0.4 is 5.32 Å². The highest BCUT2D eigenvalue weighted by molar-refractivity contribution is 5.24. The predicted octanol–water partition coefficient (Wildman–Crippen LogP) is 3.18. The molecule has 0 saturated heterocycles. The molecule has 1 unspecified atom stereocenters. The second-order valence-corrected chi connectivity index (χ2v) is 4.64. The van der Waals surface area contributed by atoms with Gasteiger partial charge in [-0.2, -0.15) is 10.2 Å². The first-order valence-electron chi connectivity index (χ1n) is 6.68. The van der Waals surface area contributed by atoms with Crippen LogP contribution in [-0.2, 0) is 0 Å². The van der Waals surface area contributed by atoms with Crippen molar-refractivity contribution < 1.29 is 0 Å². The number of aryl methyl sites for hydroxylation is 2. The van der Waals surface area contributed by atoms with Crippen LogP contribution in [0.15, 0.2) is 6.07 Å². The quantitative estimate of drug-likeness (QED) is 0.823. The summed E-state index contributed by atoms with van der Waals surface area (Å²) < 4.78 is 0. The van der Waals surface area contributed by atoms with E-state index < -0.39 is 0 Å². The van der Waals surface area contributed by atoms with Crippen LogP contribution in [0.2, 0.25) is 0 Å². The molecule has 1 aromatic rings. The predicted molar refractivity (Wildman–Crippen MR) is 72.0 cm³/mol. The molecule has 0 radical (unpaired) electrons. The Hall–Kier alpha value is -0.960. The van der Waals surface area contributed by atoms with Gasteiger partial charge in [0.05, 0.1) is 11.4 Å². The number of hydrogen-bond donors (Lipinski definition) is 1. The average Bonchev–Trinajstić information content (AvgIpc) is 2.33. The molecule has 0 aromatic carbocycles. The average molecular weight is 235 g/mol. The highest BCUT2D eigenvalue weighted by Gasteiger charge is 2.21. The van der Waals surface area contributed by atoms with Crippen LogP contribution in [0.1, 0.15) is 56.6 Å². The largest absolute Gasteiger partial charge is 0.310 e. The molecular formula is C14H25N3. The van der Waals surface area contributed by atoms with Crippen LogP contribution in [0, 0.1) is 19.8 Å². The lowest BCUT2D eigenvalue weighted by Crippen LogP contribution is -2.29. The van der Waals surface area contributed by atoms with Crippen molar-refractivity contribution in [3.05, 3.63) is 23.0 Å². The van der Waals surface area contributed by atoms with Crippen molar-refractivity contribution >= 4 is 0 Å². The fraction of sp³-hybridized carbons (Fsp3) is 0.714. The Balaban J connectivity index is 3.07. The summed E-state index contributed by atoms with van der Waals surface area (Å²) in [6.45, 7) is 11.7. The molecule has 1 N–H and O–H groups in total. The van der Waals surface area contributed by atoms with Crippen LogP contribution in [0.25, 0.3) is 0 Å². The molecule has 0 aliphatic rings. The van der Waals surface area contributed by atoms with Gasteiger partial charge in [0.2, 0.25) is 0 Å². The first-order chi connectivity index (χ1) is 8.13. The molecule has 1 rings (SSSR count). The third kappa shape index (κ3) is 3.50. The molecule has 0 aliphatic carbocycles. The highest BCUT2D eigenvalue weighted by atomic mass is 15.1. The van der Waals surface area contributed by atoms with E-state index in [1.54, 1.807) is 0 Å². The first kappa shape index (κ1) is 14.1. The number of aromatic nitrogens is 2. The minimum atomic E-state index is 0.407. The second-order valence-electron chi connectivity index (χ2n) is 4.64. The third-order valence-electron chi connectivity index (χ3n) is 3.42. The van der Waals surface area contributed by atoms with E-state index in [-0.39, 0.29) is 0 Å². The standard InChI is InChI=1S/C14H25N3/c1-6-12(7-2)14(15-8-3)13-9-10(4)16-17-11(13)5/h9,12,14-15H,6-8H2,1-5H3. The van der Waals surface area contributed by atoms with Gasteiger partial charge in [-0.1, -0.05) is 33.6 Å². The van der Waals surface area contributed by atoms with Crippen molar-refractivity contribution in [3.8, 4) is 0 Å². The van der Waals surface area contributed by atoms with Gasteiger partial charge in [0.25, 0.3) is 0 Å². The lowest BCUT2D eigenvalue weighted by molar-refractivity contribution is 0.344. The van der Waals surface area contributed by atoms with Gasteiger partial charge in [0, 0.05) is 6.04 Å². The van der Waals surface area contributed by atoms with Crippen LogP contribution >= 0.6 is 0 Å². The zero-order chi connectivity index (χ0) is 12.8. The Bertz CT molecular complexity index is 345. The van der Waals surface area contributed by atoms with E-state index in [4.69, 9.17) is 0 Å². The number of nitrogens with zero attached hydrogens (tertiary/aromatic N) is 2. The van der Waals surface area contributed by atoms with E-state index in [9.17, 15) is 0 Å². The van der Waals surface area contributed by atoms with E-state index in [0.717, 1.165) is 17.9 Å². The van der Waals surface area contributed by atoms with Crippen molar-refractivity contribution in [2.24, 2.45) is 5.92 Å². The Kier molecular flexibility index (Phi) is 5.56. The summed E-state index contributed by atoms with van der Waals surface area (Å²) in [4.78, 5) is 0. The fourth-order valence-electron chi connectivity index (χ4n) is 2.40. The van der Waals surface area contributed by atoms with Crippen molar-refractivity contribution in [2.75, 3.05) is 6.54 Å². The van der Waals surface area contributed by atoms with E-state index >= 15 is 0 Å². The van der Waals surface area contributed by atoms with E-state index in [1.807, 2.05) is 6.92 Å². The molecule has 0 aliphatic heterocycles. The van der Waals surface area contributed by atoms with E-state index in [0.29, 0.717) is 12.0 Å². The summed E-state index contributed by atoms with van der Waals surface area (Å²) in [5.74, 6) is 0.664. The Labute approximate surface area is 105 Å². The summed E-state index contributed by atoms with van der Waals surface area (Å²) in [5, 5.41) is 12.0. The van der Waals surface area contributed by atoms with Crippen LogP contribution in [0.4, 0.5) is 0 Å². The van der Waals surface area contributed by atoms with Crippen molar-refractivity contribution in [2.45, 2.75) is 53.5 Å². The zero-order valence-electron chi connectivity index (χ0n) is 11.7. The van der Waals surface area contributed by atoms with Crippen molar-refractivity contribution in [1.29, 1.82) is 0 Å². The maximum absolute atomic E-state index is 4.24. The molecule has 96 valence electrons.